The average molecular weight is 372 g/mol. The summed E-state index contributed by atoms with van der Waals surface area (Å²) in [4.78, 5) is 9.26. The van der Waals surface area contributed by atoms with E-state index >= 15 is 0 Å². The molecule has 0 spiro atoms. The molecule has 3 aromatic carbocycles. The first-order valence-electron chi connectivity index (χ1n) is 8.54. The van der Waals surface area contributed by atoms with E-state index in [0.717, 1.165) is 22.2 Å². The molecule has 2 heterocycles. The third-order valence-electron chi connectivity index (χ3n) is 4.40. The van der Waals surface area contributed by atoms with E-state index in [4.69, 9.17) is 21.0 Å². The van der Waals surface area contributed by atoms with E-state index in [-0.39, 0.29) is 0 Å². The standard InChI is InChI=1S/C22H14ClN3O/c23-17-11-12-19-18(13-17)24-14-26(19)21-20(15-7-3-1-4-8-15)27-22(25-21)16-9-5-2-6-10-16/h1-14H. The molecule has 0 bridgehead atoms. The molecule has 0 aliphatic rings. The van der Waals surface area contributed by atoms with Gasteiger partial charge in [0, 0.05) is 16.1 Å². The van der Waals surface area contributed by atoms with Crippen LogP contribution < -0.4 is 0 Å². The highest BCUT2D eigenvalue weighted by Gasteiger charge is 2.19. The van der Waals surface area contributed by atoms with Crippen LogP contribution in [0.3, 0.4) is 0 Å². The maximum Gasteiger partial charge on any atom is 0.228 e. The normalized spacial score (nSPS) is 11.1. The second-order valence-corrected chi connectivity index (χ2v) is 6.59. The molecule has 4 nitrogen and oxygen atoms in total. The van der Waals surface area contributed by atoms with Crippen LogP contribution in [0.5, 0.6) is 0 Å². The SMILES string of the molecule is Clc1ccc2c(c1)ncn2-c1nc(-c2ccccc2)oc1-c1ccccc1. The number of fused-ring (bicyclic) bond motifs is 1. The Balaban J connectivity index is 1.76. The molecule has 0 amide bonds. The lowest BCUT2D eigenvalue weighted by Gasteiger charge is -2.03. The minimum atomic E-state index is 0.570. The third-order valence-corrected chi connectivity index (χ3v) is 4.64. The van der Waals surface area contributed by atoms with Crippen LogP contribution in [0.25, 0.3) is 39.6 Å². The summed E-state index contributed by atoms with van der Waals surface area (Å²) in [6.07, 6.45) is 1.75. The first-order valence-corrected chi connectivity index (χ1v) is 8.92. The van der Waals surface area contributed by atoms with Gasteiger partial charge in [-0.05, 0) is 30.3 Å². The van der Waals surface area contributed by atoms with Gasteiger partial charge in [0.05, 0.1) is 11.0 Å². The van der Waals surface area contributed by atoms with Crippen molar-refractivity contribution in [2.45, 2.75) is 0 Å². The molecule has 5 rings (SSSR count). The minimum absolute atomic E-state index is 0.570. The second kappa shape index (κ2) is 6.41. The van der Waals surface area contributed by atoms with Gasteiger partial charge in [-0.1, -0.05) is 60.1 Å². The average Bonchev–Trinajstić information content (AvgIpc) is 3.33. The zero-order chi connectivity index (χ0) is 18.2. The Kier molecular flexibility index (Phi) is 3.77. The van der Waals surface area contributed by atoms with Crippen molar-refractivity contribution in [2.24, 2.45) is 0 Å². The van der Waals surface area contributed by atoms with E-state index in [1.165, 1.54) is 0 Å². The van der Waals surface area contributed by atoms with Gasteiger partial charge in [-0.15, -0.1) is 0 Å². The van der Waals surface area contributed by atoms with Gasteiger partial charge in [0.15, 0.2) is 11.6 Å². The summed E-state index contributed by atoms with van der Waals surface area (Å²) in [6, 6.07) is 25.5. The van der Waals surface area contributed by atoms with E-state index < -0.39 is 0 Å². The molecule has 130 valence electrons. The van der Waals surface area contributed by atoms with Gasteiger partial charge < -0.3 is 4.42 Å². The Morgan fingerprint density at radius 3 is 2.26 bits per heavy atom. The van der Waals surface area contributed by atoms with Gasteiger partial charge in [-0.2, -0.15) is 4.98 Å². The van der Waals surface area contributed by atoms with Crippen molar-refractivity contribution >= 4 is 22.6 Å². The van der Waals surface area contributed by atoms with Crippen molar-refractivity contribution in [1.82, 2.24) is 14.5 Å². The van der Waals surface area contributed by atoms with Gasteiger partial charge in [0.2, 0.25) is 5.89 Å². The van der Waals surface area contributed by atoms with Crippen LogP contribution in [-0.2, 0) is 0 Å². The monoisotopic (exact) mass is 371 g/mol. The fourth-order valence-electron chi connectivity index (χ4n) is 3.11. The van der Waals surface area contributed by atoms with Crippen LogP contribution in [-0.4, -0.2) is 14.5 Å². The van der Waals surface area contributed by atoms with Crippen LogP contribution in [0.4, 0.5) is 0 Å². The summed E-state index contributed by atoms with van der Waals surface area (Å²) in [5.41, 5.74) is 3.61. The number of oxazole rings is 1. The van der Waals surface area contributed by atoms with Crippen molar-refractivity contribution in [3.8, 4) is 28.6 Å². The predicted octanol–water partition coefficient (Wildman–Crippen LogP) is 6.00. The highest BCUT2D eigenvalue weighted by Crippen LogP contribution is 2.33. The van der Waals surface area contributed by atoms with E-state index in [1.54, 1.807) is 6.33 Å². The minimum Gasteiger partial charge on any atom is -0.434 e. The Morgan fingerprint density at radius 1 is 0.815 bits per heavy atom. The third kappa shape index (κ3) is 2.80. The van der Waals surface area contributed by atoms with Gasteiger partial charge in [0.1, 0.15) is 6.33 Å². The van der Waals surface area contributed by atoms with Crippen molar-refractivity contribution in [2.75, 3.05) is 0 Å². The first-order chi connectivity index (χ1) is 13.3. The number of benzene rings is 3. The number of imidazole rings is 1. The number of hydrogen-bond donors (Lipinski definition) is 0. The summed E-state index contributed by atoms with van der Waals surface area (Å²) >= 11 is 6.10. The molecule has 0 aliphatic heterocycles. The van der Waals surface area contributed by atoms with Gasteiger partial charge in [-0.3, -0.25) is 4.57 Å². The molecule has 0 radical (unpaired) electrons. The topological polar surface area (TPSA) is 43.9 Å². The van der Waals surface area contributed by atoms with Crippen LogP contribution in [0, 0.1) is 0 Å². The number of nitrogens with zero attached hydrogens (tertiary/aromatic N) is 3. The molecular formula is C22H14ClN3O. The molecule has 5 aromatic rings. The smallest absolute Gasteiger partial charge is 0.228 e. The number of rotatable bonds is 3. The zero-order valence-corrected chi connectivity index (χ0v) is 15.0. The Labute approximate surface area is 160 Å². The summed E-state index contributed by atoms with van der Waals surface area (Å²) in [5, 5.41) is 0.654. The lowest BCUT2D eigenvalue weighted by Crippen LogP contribution is -1.95. The van der Waals surface area contributed by atoms with Gasteiger partial charge in [-0.25, -0.2) is 4.98 Å². The quantitative estimate of drug-likeness (QED) is 0.390. The molecule has 27 heavy (non-hydrogen) atoms. The Morgan fingerprint density at radius 2 is 1.52 bits per heavy atom. The molecule has 2 aromatic heterocycles. The van der Waals surface area contributed by atoms with Crippen molar-refractivity contribution < 1.29 is 4.42 Å². The molecule has 0 atom stereocenters. The highest BCUT2D eigenvalue weighted by atomic mass is 35.5. The number of hydrogen-bond acceptors (Lipinski definition) is 3. The zero-order valence-electron chi connectivity index (χ0n) is 14.2. The Hall–Kier alpha value is -3.37. The molecule has 0 saturated carbocycles. The maximum absolute atomic E-state index is 6.20. The molecule has 0 fully saturated rings. The van der Waals surface area contributed by atoms with Gasteiger partial charge >= 0.3 is 0 Å². The number of halogens is 1. The van der Waals surface area contributed by atoms with E-state index in [0.29, 0.717) is 22.5 Å². The molecule has 0 N–H and O–H groups in total. The van der Waals surface area contributed by atoms with Crippen LogP contribution in [0.15, 0.2) is 89.6 Å². The summed E-state index contributed by atoms with van der Waals surface area (Å²) in [6.45, 7) is 0. The molecule has 0 saturated heterocycles. The molecular weight excluding hydrogens is 358 g/mol. The second-order valence-electron chi connectivity index (χ2n) is 6.15. The lowest BCUT2D eigenvalue weighted by molar-refractivity contribution is 0.588. The largest absolute Gasteiger partial charge is 0.434 e. The van der Waals surface area contributed by atoms with Crippen molar-refractivity contribution in [3.63, 3.8) is 0 Å². The van der Waals surface area contributed by atoms with Crippen LogP contribution in [0.1, 0.15) is 0 Å². The predicted molar refractivity (Wildman–Crippen MR) is 107 cm³/mol. The van der Waals surface area contributed by atoms with E-state index in [2.05, 4.69) is 4.98 Å². The van der Waals surface area contributed by atoms with Crippen molar-refractivity contribution in [1.29, 1.82) is 0 Å². The summed E-state index contributed by atoms with van der Waals surface area (Å²) in [7, 11) is 0. The fourth-order valence-corrected chi connectivity index (χ4v) is 3.28. The van der Waals surface area contributed by atoms with Gasteiger partial charge in [0.25, 0.3) is 0 Å². The first kappa shape index (κ1) is 15.9. The van der Waals surface area contributed by atoms with Crippen LogP contribution in [0.2, 0.25) is 5.02 Å². The summed E-state index contributed by atoms with van der Waals surface area (Å²) in [5.74, 6) is 1.97. The molecule has 0 aliphatic carbocycles. The van der Waals surface area contributed by atoms with E-state index in [1.807, 2.05) is 83.4 Å². The van der Waals surface area contributed by atoms with Crippen molar-refractivity contribution in [3.05, 3.63) is 90.2 Å². The molecule has 5 heteroatoms. The van der Waals surface area contributed by atoms with Crippen LogP contribution >= 0.6 is 11.6 Å². The maximum atomic E-state index is 6.20. The number of aromatic nitrogens is 3. The Bertz CT molecular complexity index is 1230. The molecule has 0 unspecified atom stereocenters. The highest BCUT2D eigenvalue weighted by molar-refractivity contribution is 6.31. The fraction of sp³-hybridized carbons (Fsp3) is 0. The lowest BCUT2D eigenvalue weighted by atomic mass is 10.2. The van der Waals surface area contributed by atoms with E-state index in [9.17, 15) is 0 Å². The summed E-state index contributed by atoms with van der Waals surface area (Å²) < 4.78 is 8.13.